The van der Waals surface area contributed by atoms with Crippen molar-refractivity contribution < 1.29 is 14.3 Å². The first-order chi connectivity index (χ1) is 17.2. The molecule has 8 nitrogen and oxygen atoms in total. The number of anilines is 1. The molecule has 0 radical (unpaired) electrons. The van der Waals surface area contributed by atoms with Crippen molar-refractivity contribution in [1.29, 1.82) is 5.41 Å². The van der Waals surface area contributed by atoms with E-state index in [0.29, 0.717) is 35.8 Å². The average Bonchev–Trinajstić information content (AvgIpc) is 2.84. The van der Waals surface area contributed by atoms with Crippen LogP contribution in [0.25, 0.3) is 0 Å². The average molecular weight is 508 g/mol. The molecule has 1 aromatic heterocycles. The molecule has 1 atom stereocenters. The summed E-state index contributed by atoms with van der Waals surface area (Å²) in [7, 11) is 0. The van der Waals surface area contributed by atoms with Gasteiger partial charge in [-0.25, -0.2) is 14.8 Å². The fourth-order valence-corrected chi connectivity index (χ4v) is 4.16. The molecular weight excluding hydrogens is 478 g/mol. The summed E-state index contributed by atoms with van der Waals surface area (Å²) < 4.78 is 11.4. The van der Waals surface area contributed by atoms with Crippen molar-refractivity contribution in [3.8, 4) is 11.5 Å². The van der Waals surface area contributed by atoms with Gasteiger partial charge in [-0.2, -0.15) is 0 Å². The van der Waals surface area contributed by atoms with Gasteiger partial charge in [-0.15, -0.1) is 0 Å². The third kappa shape index (κ3) is 6.51. The van der Waals surface area contributed by atoms with Crippen LogP contribution in [0.5, 0.6) is 11.5 Å². The molecule has 0 aliphatic carbocycles. The molecule has 36 heavy (non-hydrogen) atoms. The Bertz CT molecular complexity index is 1210. The number of likely N-dealkylation sites (tertiary alicyclic amines) is 1. The largest absolute Gasteiger partial charge is 0.457 e. The number of piperidine rings is 1. The fraction of sp³-hybridized carbons (Fsp3) is 0.333. The quantitative estimate of drug-likeness (QED) is 0.306. The third-order valence-electron chi connectivity index (χ3n) is 5.59. The Morgan fingerprint density at radius 1 is 1.08 bits per heavy atom. The number of carbonyl (C=O) groups is 1. The lowest BCUT2D eigenvalue weighted by Gasteiger charge is -2.34. The Balaban J connectivity index is 1.48. The van der Waals surface area contributed by atoms with E-state index in [2.05, 4.69) is 15.3 Å². The Labute approximate surface area is 216 Å². The number of nitrogens with one attached hydrogen (secondary N) is 2. The molecule has 1 saturated heterocycles. The number of aromatic nitrogens is 2. The van der Waals surface area contributed by atoms with Gasteiger partial charge >= 0.3 is 6.09 Å². The molecule has 1 aliphatic rings. The van der Waals surface area contributed by atoms with E-state index < -0.39 is 5.60 Å². The van der Waals surface area contributed by atoms with Gasteiger partial charge in [-0.1, -0.05) is 29.8 Å². The molecule has 1 amide bonds. The Morgan fingerprint density at radius 2 is 1.78 bits per heavy atom. The standard InChI is InChI=1S/C27H30ClN5O3/c1-27(2,3)36-26(34)33-15-7-8-19(16-33)32-25-22(24(28)30-17-31-25)23(29)18-11-13-21(14-12-18)35-20-9-5-4-6-10-20/h4-6,9-14,17,19,29H,7-8,15-16H2,1-3H3,(H,30,31,32). The van der Waals surface area contributed by atoms with Crippen LogP contribution in [0.4, 0.5) is 10.6 Å². The van der Waals surface area contributed by atoms with E-state index in [-0.39, 0.29) is 23.0 Å². The predicted molar refractivity (Wildman–Crippen MR) is 140 cm³/mol. The number of hydrogen-bond acceptors (Lipinski definition) is 7. The first kappa shape index (κ1) is 25.4. The predicted octanol–water partition coefficient (Wildman–Crippen LogP) is 6.15. The molecule has 2 heterocycles. The highest BCUT2D eigenvalue weighted by Crippen LogP contribution is 2.27. The molecule has 1 unspecified atom stereocenters. The van der Waals surface area contributed by atoms with Gasteiger partial charge in [-0.3, -0.25) is 5.41 Å². The topological polar surface area (TPSA) is 100 Å². The van der Waals surface area contributed by atoms with E-state index in [1.807, 2.05) is 63.2 Å². The van der Waals surface area contributed by atoms with Crippen molar-refractivity contribution in [3.63, 3.8) is 0 Å². The van der Waals surface area contributed by atoms with Crippen LogP contribution < -0.4 is 10.1 Å². The van der Waals surface area contributed by atoms with Gasteiger partial charge in [0.25, 0.3) is 0 Å². The third-order valence-corrected chi connectivity index (χ3v) is 5.87. The zero-order chi connectivity index (χ0) is 25.7. The number of halogens is 1. The van der Waals surface area contributed by atoms with Crippen molar-refractivity contribution in [3.05, 3.63) is 77.2 Å². The Hall–Kier alpha value is -3.65. The van der Waals surface area contributed by atoms with E-state index >= 15 is 0 Å². The van der Waals surface area contributed by atoms with Crippen LogP contribution in [0.15, 0.2) is 60.9 Å². The second-order valence-electron chi connectivity index (χ2n) is 9.61. The van der Waals surface area contributed by atoms with Crippen LogP contribution in [0.1, 0.15) is 44.7 Å². The number of nitrogens with zero attached hydrogens (tertiary/aromatic N) is 3. The van der Waals surface area contributed by atoms with E-state index in [0.717, 1.165) is 18.6 Å². The van der Waals surface area contributed by atoms with E-state index in [4.69, 9.17) is 26.5 Å². The maximum Gasteiger partial charge on any atom is 0.410 e. The molecule has 2 N–H and O–H groups in total. The van der Waals surface area contributed by atoms with E-state index in [1.54, 1.807) is 17.0 Å². The first-order valence-electron chi connectivity index (χ1n) is 11.9. The normalized spacial score (nSPS) is 15.8. The first-order valence-corrected chi connectivity index (χ1v) is 12.2. The van der Waals surface area contributed by atoms with Crippen molar-refractivity contribution in [2.45, 2.75) is 45.3 Å². The van der Waals surface area contributed by atoms with E-state index in [9.17, 15) is 4.79 Å². The minimum absolute atomic E-state index is 0.0644. The van der Waals surface area contributed by atoms with Crippen LogP contribution in [0, 0.1) is 5.41 Å². The summed E-state index contributed by atoms with van der Waals surface area (Å²) in [6, 6.07) is 16.7. The summed E-state index contributed by atoms with van der Waals surface area (Å²) in [5.74, 6) is 1.86. The molecule has 4 rings (SSSR count). The summed E-state index contributed by atoms with van der Waals surface area (Å²) in [5, 5.41) is 12.4. The molecule has 3 aromatic rings. The Morgan fingerprint density at radius 3 is 2.47 bits per heavy atom. The molecule has 9 heteroatoms. The molecule has 0 spiro atoms. The molecule has 1 aliphatic heterocycles. The van der Waals surface area contributed by atoms with Crippen LogP contribution in [-0.4, -0.2) is 51.4 Å². The number of ether oxygens (including phenoxy) is 2. The number of carbonyl (C=O) groups excluding carboxylic acids is 1. The smallest absolute Gasteiger partial charge is 0.410 e. The van der Waals surface area contributed by atoms with Gasteiger partial charge in [0, 0.05) is 24.7 Å². The Kier molecular flexibility index (Phi) is 7.74. The van der Waals surface area contributed by atoms with Crippen LogP contribution in [0.2, 0.25) is 5.15 Å². The highest BCUT2D eigenvalue weighted by Gasteiger charge is 2.29. The lowest BCUT2D eigenvalue weighted by Crippen LogP contribution is -2.47. The van der Waals surface area contributed by atoms with Crippen LogP contribution >= 0.6 is 11.6 Å². The second-order valence-corrected chi connectivity index (χ2v) is 9.97. The number of benzene rings is 2. The summed E-state index contributed by atoms with van der Waals surface area (Å²) in [6.07, 6.45) is 2.71. The minimum atomic E-state index is -0.554. The fourth-order valence-electron chi connectivity index (χ4n) is 3.93. The molecule has 0 bridgehead atoms. The van der Waals surface area contributed by atoms with Gasteiger partial charge < -0.3 is 19.7 Å². The number of hydrogen-bond donors (Lipinski definition) is 2. The number of para-hydroxylation sites is 1. The summed E-state index contributed by atoms with van der Waals surface area (Å²) >= 11 is 6.44. The van der Waals surface area contributed by atoms with Crippen molar-refractivity contribution in [1.82, 2.24) is 14.9 Å². The van der Waals surface area contributed by atoms with Gasteiger partial charge in [0.05, 0.1) is 11.3 Å². The lowest BCUT2D eigenvalue weighted by atomic mass is 10.0. The SMILES string of the molecule is CC(C)(C)OC(=O)N1CCCC(Nc2ncnc(Cl)c2C(=N)c2ccc(Oc3ccccc3)cc2)C1. The summed E-state index contributed by atoms with van der Waals surface area (Å²) in [5.41, 5.74) is 0.690. The van der Waals surface area contributed by atoms with Crippen LogP contribution in [0.3, 0.4) is 0 Å². The lowest BCUT2D eigenvalue weighted by molar-refractivity contribution is 0.0206. The zero-order valence-corrected chi connectivity index (χ0v) is 21.4. The highest BCUT2D eigenvalue weighted by atomic mass is 35.5. The highest BCUT2D eigenvalue weighted by molar-refractivity contribution is 6.35. The van der Waals surface area contributed by atoms with Gasteiger partial charge in [-0.05, 0) is 70.0 Å². The number of rotatable bonds is 6. The molecule has 188 valence electrons. The number of amides is 1. The molecular formula is C27H30ClN5O3. The minimum Gasteiger partial charge on any atom is -0.457 e. The monoisotopic (exact) mass is 507 g/mol. The maximum absolute atomic E-state index is 12.6. The van der Waals surface area contributed by atoms with Gasteiger partial charge in [0.1, 0.15) is 34.4 Å². The zero-order valence-electron chi connectivity index (χ0n) is 20.6. The molecule has 1 fully saturated rings. The molecule has 0 saturated carbocycles. The van der Waals surface area contributed by atoms with Crippen molar-refractivity contribution in [2.75, 3.05) is 18.4 Å². The molecule has 2 aromatic carbocycles. The van der Waals surface area contributed by atoms with Crippen LogP contribution in [-0.2, 0) is 4.74 Å². The maximum atomic E-state index is 12.6. The summed E-state index contributed by atoms with van der Waals surface area (Å²) in [4.78, 5) is 22.7. The van der Waals surface area contributed by atoms with Gasteiger partial charge in [0.15, 0.2) is 0 Å². The second kappa shape index (κ2) is 11.0. The van der Waals surface area contributed by atoms with Crippen molar-refractivity contribution in [2.24, 2.45) is 0 Å². The van der Waals surface area contributed by atoms with E-state index in [1.165, 1.54) is 6.33 Å². The van der Waals surface area contributed by atoms with Gasteiger partial charge in [0.2, 0.25) is 0 Å². The summed E-state index contributed by atoms with van der Waals surface area (Å²) in [6.45, 7) is 6.66. The van der Waals surface area contributed by atoms with Crippen molar-refractivity contribution >= 4 is 29.2 Å².